The molecule has 0 aliphatic rings. The van der Waals surface area contributed by atoms with E-state index in [4.69, 9.17) is 16.3 Å². The normalized spacial score (nSPS) is 10.7. The van der Waals surface area contributed by atoms with Gasteiger partial charge < -0.3 is 10.1 Å². The van der Waals surface area contributed by atoms with Gasteiger partial charge in [0.1, 0.15) is 19.0 Å². The number of rotatable bonds is 9. The molecule has 0 bridgehead atoms. The third-order valence-corrected chi connectivity index (χ3v) is 5.58. The van der Waals surface area contributed by atoms with Gasteiger partial charge in [-0.25, -0.2) is 9.37 Å². The molecule has 0 saturated carbocycles. The Morgan fingerprint density at radius 1 is 0.943 bits per heavy atom. The highest BCUT2D eigenvalue weighted by Crippen LogP contribution is 2.26. The Kier molecular flexibility index (Phi) is 7.90. The molecule has 6 nitrogen and oxygen atoms in total. The lowest BCUT2D eigenvalue weighted by Crippen LogP contribution is -2.30. The topological polar surface area (TPSA) is 73.2 Å². The monoisotopic (exact) mass is 491 g/mol. The molecule has 0 aliphatic heterocycles. The number of carbonyl (C=O) groups is 1. The van der Waals surface area contributed by atoms with E-state index < -0.39 is 11.5 Å². The molecule has 4 rings (SSSR count). The average molecular weight is 492 g/mol. The molecule has 35 heavy (non-hydrogen) atoms. The number of esters is 1. The molecule has 0 unspecified atom stereocenters. The first kappa shape index (κ1) is 24.2. The van der Waals surface area contributed by atoms with Crippen molar-refractivity contribution in [2.24, 2.45) is 0 Å². The van der Waals surface area contributed by atoms with Crippen LogP contribution in [0.4, 0.5) is 10.2 Å². The average Bonchev–Trinajstić information content (AvgIpc) is 2.88. The molecule has 1 aromatic heterocycles. The molecule has 0 amide bonds. The summed E-state index contributed by atoms with van der Waals surface area (Å²) in [7, 11) is 0. The van der Waals surface area contributed by atoms with E-state index in [2.05, 4.69) is 10.3 Å². The van der Waals surface area contributed by atoms with Crippen molar-refractivity contribution in [2.75, 3.05) is 11.9 Å². The van der Waals surface area contributed by atoms with E-state index in [1.54, 1.807) is 24.3 Å². The van der Waals surface area contributed by atoms with Gasteiger partial charge in [0.2, 0.25) is 0 Å². The summed E-state index contributed by atoms with van der Waals surface area (Å²) in [6.07, 6.45) is 0.540. The van der Waals surface area contributed by atoms with Gasteiger partial charge >= 0.3 is 5.97 Å². The van der Waals surface area contributed by atoms with E-state index in [0.717, 1.165) is 11.1 Å². The lowest BCUT2D eigenvalue weighted by molar-refractivity contribution is -0.145. The summed E-state index contributed by atoms with van der Waals surface area (Å²) in [5.41, 5.74) is 2.22. The Morgan fingerprint density at radius 2 is 1.60 bits per heavy atom. The van der Waals surface area contributed by atoms with E-state index in [-0.39, 0.29) is 29.9 Å². The zero-order valence-corrected chi connectivity index (χ0v) is 19.5. The van der Waals surface area contributed by atoms with Crippen molar-refractivity contribution in [3.05, 3.63) is 117 Å². The number of halogens is 2. The predicted molar refractivity (Wildman–Crippen MR) is 134 cm³/mol. The SMILES string of the molecule is O=C(Cn1c(-c2ccccc2)c(Cl)nc(NCCc2ccc(F)cc2)c1=O)OCc1ccccc1. The van der Waals surface area contributed by atoms with Crippen molar-refractivity contribution >= 4 is 23.4 Å². The minimum absolute atomic E-state index is 0.0210. The first-order valence-corrected chi connectivity index (χ1v) is 11.4. The fourth-order valence-electron chi connectivity index (χ4n) is 3.57. The third-order valence-electron chi connectivity index (χ3n) is 5.32. The van der Waals surface area contributed by atoms with E-state index >= 15 is 0 Å². The van der Waals surface area contributed by atoms with Crippen LogP contribution in [0, 0.1) is 5.82 Å². The molecular formula is C27H23ClFN3O3. The lowest BCUT2D eigenvalue weighted by Gasteiger charge is -2.16. The first-order valence-electron chi connectivity index (χ1n) is 11.0. The minimum atomic E-state index is -0.576. The number of carbonyl (C=O) groups excluding carboxylic acids is 1. The van der Waals surface area contributed by atoms with E-state index in [0.29, 0.717) is 24.2 Å². The molecule has 0 fully saturated rings. The number of ether oxygens (including phenoxy) is 1. The van der Waals surface area contributed by atoms with Gasteiger partial charge in [0.25, 0.3) is 5.56 Å². The highest BCUT2D eigenvalue weighted by molar-refractivity contribution is 6.32. The van der Waals surface area contributed by atoms with Crippen LogP contribution in [0.15, 0.2) is 89.7 Å². The zero-order valence-electron chi connectivity index (χ0n) is 18.8. The van der Waals surface area contributed by atoms with Crippen molar-refractivity contribution in [1.29, 1.82) is 0 Å². The maximum Gasteiger partial charge on any atom is 0.326 e. The highest BCUT2D eigenvalue weighted by atomic mass is 35.5. The fraction of sp³-hybridized carbons (Fsp3) is 0.148. The Hall–Kier alpha value is -3.97. The quantitative estimate of drug-likeness (QED) is 0.330. The van der Waals surface area contributed by atoms with Crippen molar-refractivity contribution in [2.45, 2.75) is 19.6 Å². The van der Waals surface area contributed by atoms with Crippen LogP contribution in [-0.2, 0) is 29.1 Å². The lowest BCUT2D eigenvalue weighted by atomic mass is 10.1. The predicted octanol–water partition coefficient (Wildman–Crippen LogP) is 5.10. The molecule has 1 heterocycles. The molecule has 1 N–H and O–H groups in total. The van der Waals surface area contributed by atoms with E-state index in [9.17, 15) is 14.0 Å². The second kappa shape index (κ2) is 11.4. The largest absolute Gasteiger partial charge is 0.459 e. The molecule has 0 saturated heterocycles. The molecule has 0 aliphatic carbocycles. The van der Waals surface area contributed by atoms with Gasteiger partial charge in [-0.05, 0) is 29.7 Å². The van der Waals surface area contributed by atoms with Crippen molar-refractivity contribution in [3.8, 4) is 11.3 Å². The smallest absolute Gasteiger partial charge is 0.326 e. The highest BCUT2D eigenvalue weighted by Gasteiger charge is 2.19. The van der Waals surface area contributed by atoms with Crippen molar-refractivity contribution < 1.29 is 13.9 Å². The summed E-state index contributed by atoms with van der Waals surface area (Å²) in [5.74, 6) is -0.867. The van der Waals surface area contributed by atoms with Gasteiger partial charge in [0, 0.05) is 12.1 Å². The van der Waals surface area contributed by atoms with Crippen LogP contribution in [0.3, 0.4) is 0 Å². The van der Waals surface area contributed by atoms with Gasteiger partial charge in [-0.15, -0.1) is 0 Å². The van der Waals surface area contributed by atoms with E-state index in [1.807, 2.05) is 48.5 Å². The Morgan fingerprint density at radius 3 is 2.29 bits per heavy atom. The number of nitrogens with one attached hydrogen (secondary N) is 1. The van der Waals surface area contributed by atoms with Gasteiger partial charge in [-0.3, -0.25) is 14.2 Å². The van der Waals surface area contributed by atoms with Gasteiger partial charge in [-0.1, -0.05) is 84.4 Å². The number of anilines is 1. The summed E-state index contributed by atoms with van der Waals surface area (Å²) in [6, 6.07) is 24.4. The van der Waals surface area contributed by atoms with E-state index in [1.165, 1.54) is 16.7 Å². The molecule has 0 spiro atoms. The van der Waals surface area contributed by atoms with Gasteiger partial charge in [0.15, 0.2) is 11.0 Å². The van der Waals surface area contributed by atoms with Crippen LogP contribution >= 0.6 is 11.6 Å². The number of hydrogen-bond acceptors (Lipinski definition) is 5. The number of nitrogens with zero attached hydrogens (tertiary/aromatic N) is 2. The van der Waals surface area contributed by atoms with Crippen LogP contribution in [0.2, 0.25) is 5.15 Å². The van der Waals surface area contributed by atoms with Crippen LogP contribution in [0.5, 0.6) is 0 Å². The second-order valence-electron chi connectivity index (χ2n) is 7.81. The zero-order chi connectivity index (χ0) is 24.6. The molecular weight excluding hydrogens is 469 g/mol. The van der Waals surface area contributed by atoms with Crippen LogP contribution < -0.4 is 10.9 Å². The van der Waals surface area contributed by atoms with Gasteiger partial charge in [-0.2, -0.15) is 0 Å². The first-order chi connectivity index (χ1) is 17.0. The summed E-state index contributed by atoms with van der Waals surface area (Å²) < 4.78 is 19.8. The maximum atomic E-state index is 13.3. The van der Waals surface area contributed by atoms with Crippen molar-refractivity contribution in [3.63, 3.8) is 0 Å². The molecule has 3 aromatic carbocycles. The standard InChI is InChI=1S/C27H23ClFN3O3/c28-25-24(21-9-5-2-6-10-21)32(17-23(33)35-18-20-7-3-1-4-8-20)27(34)26(31-25)30-16-15-19-11-13-22(29)14-12-19/h1-14H,15-18H2,(H,30,31). The summed E-state index contributed by atoms with van der Waals surface area (Å²) in [5, 5.41) is 3.07. The number of benzene rings is 3. The number of aromatic nitrogens is 2. The van der Waals surface area contributed by atoms with Crippen LogP contribution in [0.25, 0.3) is 11.3 Å². The minimum Gasteiger partial charge on any atom is -0.459 e. The molecule has 0 radical (unpaired) electrons. The second-order valence-corrected chi connectivity index (χ2v) is 8.16. The third kappa shape index (κ3) is 6.33. The van der Waals surface area contributed by atoms with Crippen molar-refractivity contribution in [1.82, 2.24) is 9.55 Å². The fourth-order valence-corrected chi connectivity index (χ4v) is 3.86. The summed E-state index contributed by atoms with van der Waals surface area (Å²) >= 11 is 6.51. The summed E-state index contributed by atoms with van der Waals surface area (Å²) in [4.78, 5) is 30.3. The van der Waals surface area contributed by atoms with Crippen LogP contribution in [-0.4, -0.2) is 22.1 Å². The Balaban J connectivity index is 1.57. The molecule has 178 valence electrons. The molecule has 4 aromatic rings. The Bertz CT molecular complexity index is 1340. The maximum absolute atomic E-state index is 13.3. The number of hydrogen-bond donors (Lipinski definition) is 1. The summed E-state index contributed by atoms with van der Waals surface area (Å²) in [6.45, 7) is 0.134. The van der Waals surface area contributed by atoms with Crippen LogP contribution in [0.1, 0.15) is 11.1 Å². The van der Waals surface area contributed by atoms with Gasteiger partial charge in [0.05, 0.1) is 5.69 Å². The molecule has 0 atom stereocenters. The Labute approximate surface area is 207 Å². The molecule has 8 heteroatoms.